The molecule has 1 N–H and O–H groups in total. The zero-order valence-corrected chi connectivity index (χ0v) is 12.6. The van der Waals surface area contributed by atoms with Gasteiger partial charge in [0.05, 0.1) is 10.8 Å². The van der Waals surface area contributed by atoms with Gasteiger partial charge in [0.25, 0.3) is 0 Å². The van der Waals surface area contributed by atoms with Crippen LogP contribution in [-0.4, -0.2) is 22.5 Å². The second-order valence-electron chi connectivity index (χ2n) is 5.13. The maximum atomic E-state index is 12.5. The van der Waals surface area contributed by atoms with Crippen molar-refractivity contribution in [3.63, 3.8) is 0 Å². The zero-order chi connectivity index (χ0) is 14.5. The molecule has 0 radical (unpaired) electrons. The monoisotopic (exact) mass is 301 g/mol. The van der Waals surface area contributed by atoms with Crippen molar-refractivity contribution in [3.05, 3.63) is 54.6 Å². The Kier molecular flexibility index (Phi) is 4.68. The first-order chi connectivity index (χ1) is 10.3. The van der Waals surface area contributed by atoms with Crippen LogP contribution < -0.4 is 10.1 Å². The molecule has 3 rings (SSSR count). The first-order valence-electron chi connectivity index (χ1n) is 7.27. The molecule has 0 bridgehead atoms. The first-order valence-corrected chi connectivity index (χ1v) is 8.48. The van der Waals surface area contributed by atoms with Crippen molar-refractivity contribution in [2.24, 2.45) is 0 Å². The lowest BCUT2D eigenvalue weighted by Crippen LogP contribution is -2.33. The molecule has 0 aliphatic carbocycles. The molecule has 1 heterocycles. The third-order valence-corrected chi connectivity index (χ3v) is 5.44. The molecule has 1 unspecified atom stereocenters. The average Bonchev–Trinajstić information content (AvgIpc) is 2.57. The molecule has 1 aliphatic heterocycles. The van der Waals surface area contributed by atoms with Crippen molar-refractivity contribution in [1.29, 1.82) is 0 Å². The van der Waals surface area contributed by atoms with E-state index < -0.39 is 10.8 Å². The summed E-state index contributed by atoms with van der Waals surface area (Å²) in [6.07, 6.45) is 1.96. The van der Waals surface area contributed by atoms with Crippen LogP contribution in [0.1, 0.15) is 12.8 Å². The molecule has 0 saturated carbocycles. The predicted molar refractivity (Wildman–Crippen MR) is 85.3 cm³/mol. The summed E-state index contributed by atoms with van der Waals surface area (Å²) in [5.41, 5.74) is 0. The number of hydrogen-bond donors (Lipinski definition) is 1. The third-order valence-electron chi connectivity index (χ3n) is 3.62. The predicted octanol–water partition coefficient (Wildman–Crippen LogP) is 3.34. The van der Waals surface area contributed by atoms with E-state index in [4.69, 9.17) is 4.74 Å². The Bertz CT molecular complexity index is 592. The van der Waals surface area contributed by atoms with Gasteiger partial charge in [-0.25, -0.2) is 0 Å². The van der Waals surface area contributed by atoms with Crippen molar-refractivity contribution >= 4 is 10.8 Å². The molecule has 0 aromatic heterocycles. The maximum absolute atomic E-state index is 12.5. The van der Waals surface area contributed by atoms with Gasteiger partial charge in [0.2, 0.25) is 0 Å². The molecule has 1 fully saturated rings. The lowest BCUT2D eigenvalue weighted by atomic mass is 10.2. The zero-order valence-electron chi connectivity index (χ0n) is 11.8. The Balaban J connectivity index is 1.67. The van der Waals surface area contributed by atoms with E-state index in [2.05, 4.69) is 5.32 Å². The van der Waals surface area contributed by atoms with E-state index in [-0.39, 0.29) is 5.25 Å². The standard InChI is InChI=1S/C17H19NO2S/c19-21(17-10-12-18-13-11-17)16-8-6-15(7-9-16)20-14-4-2-1-3-5-14/h1-9,17-18H,10-13H2. The highest BCUT2D eigenvalue weighted by atomic mass is 32.2. The summed E-state index contributed by atoms with van der Waals surface area (Å²) in [5, 5.41) is 3.57. The number of piperidine rings is 1. The fraction of sp³-hybridized carbons (Fsp3) is 0.294. The van der Waals surface area contributed by atoms with Gasteiger partial charge in [0, 0.05) is 10.1 Å². The molecule has 1 aliphatic rings. The lowest BCUT2D eigenvalue weighted by Gasteiger charge is -2.22. The fourth-order valence-corrected chi connectivity index (χ4v) is 3.92. The van der Waals surface area contributed by atoms with E-state index in [0.717, 1.165) is 42.3 Å². The number of ether oxygens (including phenoxy) is 1. The van der Waals surface area contributed by atoms with Crippen LogP contribution in [0.3, 0.4) is 0 Å². The van der Waals surface area contributed by atoms with Gasteiger partial charge < -0.3 is 10.1 Å². The second kappa shape index (κ2) is 6.87. The van der Waals surface area contributed by atoms with Gasteiger partial charge in [0.1, 0.15) is 11.5 Å². The number of rotatable bonds is 4. The minimum absolute atomic E-state index is 0.271. The minimum Gasteiger partial charge on any atom is -0.457 e. The van der Waals surface area contributed by atoms with Crippen molar-refractivity contribution < 1.29 is 8.95 Å². The van der Waals surface area contributed by atoms with Gasteiger partial charge >= 0.3 is 0 Å². The van der Waals surface area contributed by atoms with E-state index >= 15 is 0 Å². The number of hydrogen-bond acceptors (Lipinski definition) is 3. The summed E-state index contributed by atoms with van der Waals surface area (Å²) in [4.78, 5) is 0.891. The molecule has 1 saturated heterocycles. The Labute approximate surface area is 127 Å². The number of nitrogens with one attached hydrogen (secondary N) is 1. The van der Waals surface area contributed by atoms with Crippen LogP contribution in [0.2, 0.25) is 0 Å². The van der Waals surface area contributed by atoms with E-state index in [9.17, 15) is 4.21 Å². The summed E-state index contributed by atoms with van der Waals surface area (Å²) in [6.45, 7) is 1.93. The van der Waals surface area contributed by atoms with E-state index in [1.165, 1.54) is 0 Å². The SMILES string of the molecule is O=S(c1ccc(Oc2ccccc2)cc1)C1CCNCC1. The van der Waals surface area contributed by atoms with Crippen molar-refractivity contribution in [2.45, 2.75) is 23.0 Å². The summed E-state index contributed by atoms with van der Waals surface area (Å²) >= 11 is 0. The molecule has 4 heteroatoms. The highest BCUT2D eigenvalue weighted by Crippen LogP contribution is 2.24. The van der Waals surface area contributed by atoms with Gasteiger partial charge in [0.15, 0.2) is 0 Å². The van der Waals surface area contributed by atoms with Crippen LogP contribution in [0.4, 0.5) is 0 Å². The molecule has 1 atom stereocenters. The molecule has 3 nitrogen and oxygen atoms in total. The highest BCUT2D eigenvalue weighted by Gasteiger charge is 2.20. The highest BCUT2D eigenvalue weighted by molar-refractivity contribution is 7.85. The summed E-state index contributed by atoms with van der Waals surface area (Å²) in [6, 6.07) is 17.3. The minimum atomic E-state index is -0.920. The molecular formula is C17H19NO2S. The molecule has 0 amide bonds. The third kappa shape index (κ3) is 3.71. The second-order valence-corrected chi connectivity index (χ2v) is 6.87. The topological polar surface area (TPSA) is 38.3 Å². The van der Waals surface area contributed by atoms with Crippen LogP contribution >= 0.6 is 0 Å². The number of benzene rings is 2. The Hall–Kier alpha value is -1.65. The van der Waals surface area contributed by atoms with Crippen molar-refractivity contribution in [2.75, 3.05) is 13.1 Å². The molecule has 21 heavy (non-hydrogen) atoms. The first kappa shape index (κ1) is 14.3. The van der Waals surface area contributed by atoms with Crippen LogP contribution in [-0.2, 0) is 10.8 Å². The summed E-state index contributed by atoms with van der Waals surface area (Å²) in [5.74, 6) is 1.58. The van der Waals surface area contributed by atoms with Gasteiger partial charge in [-0.2, -0.15) is 0 Å². The quantitative estimate of drug-likeness (QED) is 0.941. The van der Waals surface area contributed by atoms with Crippen molar-refractivity contribution in [3.8, 4) is 11.5 Å². The van der Waals surface area contributed by atoms with Gasteiger partial charge in [-0.05, 0) is 62.3 Å². The van der Waals surface area contributed by atoms with Gasteiger partial charge in [-0.3, -0.25) is 4.21 Å². The molecule has 110 valence electrons. The van der Waals surface area contributed by atoms with E-state index in [1.54, 1.807) is 0 Å². The average molecular weight is 301 g/mol. The van der Waals surface area contributed by atoms with Gasteiger partial charge in [-0.15, -0.1) is 0 Å². The fourth-order valence-electron chi connectivity index (χ4n) is 2.47. The summed E-state index contributed by atoms with van der Waals surface area (Å²) in [7, 11) is -0.920. The lowest BCUT2D eigenvalue weighted by molar-refractivity contribution is 0.482. The maximum Gasteiger partial charge on any atom is 0.127 e. The van der Waals surface area contributed by atoms with Crippen LogP contribution in [0.15, 0.2) is 59.5 Å². The number of para-hydroxylation sites is 1. The molecule has 2 aromatic rings. The normalized spacial score (nSPS) is 17.3. The smallest absolute Gasteiger partial charge is 0.127 e. The molecule has 2 aromatic carbocycles. The molecule has 0 spiro atoms. The molecular weight excluding hydrogens is 282 g/mol. The van der Waals surface area contributed by atoms with Crippen LogP contribution in [0.25, 0.3) is 0 Å². The Morgan fingerprint density at radius 2 is 1.52 bits per heavy atom. The van der Waals surface area contributed by atoms with Crippen LogP contribution in [0.5, 0.6) is 11.5 Å². The van der Waals surface area contributed by atoms with Crippen LogP contribution in [0, 0.1) is 0 Å². The van der Waals surface area contributed by atoms with Crippen molar-refractivity contribution in [1.82, 2.24) is 5.32 Å². The Morgan fingerprint density at radius 1 is 0.905 bits per heavy atom. The van der Waals surface area contributed by atoms with Gasteiger partial charge in [-0.1, -0.05) is 18.2 Å². The van der Waals surface area contributed by atoms with E-state index in [0.29, 0.717) is 0 Å². The largest absolute Gasteiger partial charge is 0.457 e. The Morgan fingerprint density at radius 3 is 2.19 bits per heavy atom. The summed E-state index contributed by atoms with van der Waals surface area (Å²) < 4.78 is 18.3. The van der Waals surface area contributed by atoms with E-state index in [1.807, 2.05) is 54.6 Å².